The third kappa shape index (κ3) is 5.70. The van der Waals surface area contributed by atoms with Gasteiger partial charge in [-0.2, -0.15) is 0 Å². The van der Waals surface area contributed by atoms with E-state index in [-0.39, 0.29) is 0 Å². The van der Waals surface area contributed by atoms with Gasteiger partial charge in [-0.1, -0.05) is 25.5 Å². The van der Waals surface area contributed by atoms with Gasteiger partial charge in [0, 0.05) is 6.54 Å². The lowest BCUT2D eigenvalue weighted by molar-refractivity contribution is 0.954. The highest BCUT2D eigenvalue weighted by Gasteiger charge is 1.68. The molecule has 7 heavy (non-hydrogen) atoms. The van der Waals surface area contributed by atoms with Crippen LogP contribution in [-0.4, -0.2) is 6.54 Å². The minimum absolute atomic E-state index is 0.681. The van der Waals surface area contributed by atoms with E-state index in [1.807, 2.05) is 6.08 Å². The zero-order chi connectivity index (χ0) is 5.54. The Balaban J connectivity index is 2.78. The minimum atomic E-state index is 0.681. The van der Waals surface area contributed by atoms with Crippen LogP contribution in [0.5, 0.6) is 0 Å². The molecule has 0 saturated carbocycles. The van der Waals surface area contributed by atoms with Crippen molar-refractivity contribution in [2.24, 2.45) is 5.73 Å². The van der Waals surface area contributed by atoms with E-state index < -0.39 is 0 Å². The fourth-order valence-corrected chi connectivity index (χ4v) is 0.381. The van der Waals surface area contributed by atoms with Crippen LogP contribution in [0.25, 0.3) is 0 Å². The van der Waals surface area contributed by atoms with Crippen LogP contribution in [0, 0.1) is 0 Å². The Morgan fingerprint density at radius 3 is 2.57 bits per heavy atom. The van der Waals surface area contributed by atoms with E-state index >= 15 is 0 Å². The van der Waals surface area contributed by atoms with Crippen LogP contribution >= 0.6 is 0 Å². The predicted octanol–water partition coefficient (Wildman–Crippen LogP) is 1.30. The van der Waals surface area contributed by atoms with Crippen molar-refractivity contribution in [1.82, 2.24) is 0 Å². The number of allylic oxidation sites excluding steroid dienone is 1. The molecular formula is C6H13N. The van der Waals surface area contributed by atoms with E-state index in [1.165, 1.54) is 6.42 Å². The van der Waals surface area contributed by atoms with Gasteiger partial charge >= 0.3 is 0 Å². The zero-order valence-electron chi connectivity index (χ0n) is 4.85. The maximum atomic E-state index is 5.18. The smallest absolute Gasteiger partial charge is 0.0106 e. The standard InChI is InChI=1S/C6H13N/c1-2-3-4-5-6-7/h4-5H,2-3,6-7H2,1H3. The van der Waals surface area contributed by atoms with E-state index in [0.717, 1.165) is 6.42 Å². The van der Waals surface area contributed by atoms with Crippen LogP contribution in [0.2, 0.25) is 0 Å². The number of hydrogen-bond acceptors (Lipinski definition) is 1. The van der Waals surface area contributed by atoms with Crippen LogP contribution in [-0.2, 0) is 0 Å². The summed E-state index contributed by atoms with van der Waals surface area (Å²) in [6.07, 6.45) is 6.48. The Hall–Kier alpha value is -0.300. The maximum Gasteiger partial charge on any atom is 0.0106 e. The lowest BCUT2D eigenvalue weighted by Crippen LogP contribution is -1.91. The summed E-state index contributed by atoms with van der Waals surface area (Å²) in [5.41, 5.74) is 5.18. The Kier molecular flexibility index (Phi) is 5.46. The number of hydrogen-bond donors (Lipinski definition) is 1. The first kappa shape index (κ1) is 6.70. The van der Waals surface area contributed by atoms with E-state index in [2.05, 4.69) is 13.0 Å². The molecule has 0 aliphatic rings. The molecule has 0 bridgehead atoms. The molecule has 0 atom stereocenters. The summed E-state index contributed by atoms with van der Waals surface area (Å²) in [7, 11) is 0. The fraction of sp³-hybridized carbons (Fsp3) is 0.667. The summed E-state index contributed by atoms with van der Waals surface area (Å²) in [6.45, 7) is 2.83. The molecule has 0 spiro atoms. The van der Waals surface area contributed by atoms with Gasteiger partial charge in [0.05, 0.1) is 0 Å². The van der Waals surface area contributed by atoms with Gasteiger partial charge in [0.2, 0.25) is 0 Å². The molecule has 0 aromatic heterocycles. The molecule has 0 rings (SSSR count). The molecule has 0 aliphatic carbocycles. The van der Waals surface area contributed by atoms with Gasteiger partial charge in [-0.15, -0.1) is 0 Å². The van der Waals surface area contributed by atoms with Crippen molar-refractivity contribution in [3.05, 3.63) is 12.2 Å². The molecule has 0 saturated heterocycles. The largest absolute Gasteiger partial charge is 0.327 e. The van der Waals surface area contributed by atoms with Crippen molar-refractivity contribution in [2.45, 2.75) is 19.8 Å². The van der Waals surface area contributed by atoms with Crippen molar-refractivity contribution in [1.29, 1.82) is 0 Å². The highest BCUT2D eigenvalue weighted by Crippen LogP contribution is 1.85. The van der Waals surface area contributed by atoms with E-state index in [1.54, 1.807) is 0 Å². The van der Waals surface area contributed by atoms with E-state index in [0.29, 0.717) is 6.54 Å². The van der Waals surface area contributed by atoms with Crippen molar-refractivity contribution < 1.29 is 0 Å². The first-order valence-corrected chi connectivity index (χ1v) is 2.77. The average Bonchev–Trinajstić information content (AvgIpc) is 1.69. The Bertz CT molecular complexity index is 48.1. The number of rotatable bonds is 3. The second kappa shape index (κ2) is 5.70. The second-order valence-corrected chi connectivity index (χ2v) is 1.50. The molecule has 0 fully saturated rings. The molecular weight excluding hydrogens is 86.1 g/mol. The first-order chi connectivity index (χ1) is 3.41. The van der Waals surface area contributed by atoms with Crippen LogP contribution in [0.4, 0.5) is 0 Å². The van der Waals surface area contributed by atoms with Crippen LogP contribution in [0.15, 0.2) is 12.2 Å². The van der Waals surface area contributed by atoms with Gasteiger partial charge in [-0.05, 0) is 6.42 Å². The fourth-order valence-electron chi connectivity index (χ4n) is 0.381. The van der Waals surface area contributed by atoms with E-state index in [9.17, 15) is 0 Å². The average molecular weight is 99.2 g/mol. The molecule has 1 nitrogen and oxygen atoms in total. The molecule has 0 heterocycles. The van der Waals surface area contributed by atoms with Crippen LogP contribution < -0.4 is 5.73 Å². The predicted molar refractivity (Wildman–Crippen MR) is 33.1 cm³/mol. The summed E-state index contributed by atoms with van der Waals surface area (Å²) in [5.74, 6) is 0. The summed E-state index contributed by atoms with van der Waals surface area (Å²) in [6, 6.07) is 0. The van der Waals surface area contributed by atoms with Crippen molar-refractivity contribution in [3.8, 4) is 0 Å². The number of unbranched alkanes of at least 4 members (excludes halogenated alkanes) is 1. The van der Waals surface area contributed by atoms with Crippen molar-refractivity contribution >= 4 is 0 Å². The van der Waals surface area contributed by atoms with Crippen molar-refractivity contribution in [2.75, 3.05) is 6.54 Å². The Morgan fingerprint density at radius 2 is 2.14 bits per heavy atom. The highest BCUT2D eigenvalue weighted by atomic mass is 14.5. The molecule has 0 amide bonds. The normalized spacial score (nSPS) is 10.6. The Labute approximate surface area is 45.2 Å². The topological polar surface area (TPSA) is 26.0 Å². The molecule has 0 aromatic carbocycles. The van der Waals surface area contributed by atoms with Gasteiger partial charge in [0.1, 0.15) is 0 Å². The Morgan fingerprint density at radius 1 is 1.43 bits per heavy atom. The van der Waals surface area contributed by atoms with Gasteiger partial charge in [-0.25, -0.2) is 0 Å². The van der Waals surface area contributed by atoms with Gasteiger partial charge in [-0.3, -0.25) is 0 Å². The second-order valence-electron chi connectivity index (χ2n) is 1.50. The monoisotopic (exact) mass is 99.1 g/mol. The van der Waals surface area contributed by atoms with Crippen LogP contribution in [0.3, 0.4) is 0 Å². The zero-order valence-corrected chi connectivity index (χ0v) is 4.85. The molecule has 0 radical (unpaired) electrons. The maximum absolute atomic E-state index is 5.18. The summed E-state index contributed by atoms with van der Waals surface area (Å²) < 4.78 is 0. The minimum Gasteiger partial charge on any atom is -0.327 e. The van der Waals surface area contributed by atoms with Gasteiger partial charge in [0.15, 0.2) is 0 Å². The van der Waals surface area contributed by atoms with Gasteiger partial charge < -0.3 is 5.73 Å². The lowest BCUT2D eigenvalue weighted by Gasteiger charge is -1.80. The lowest BCUT2D eigenvalue weighted by atomic mass is 10.3. The quantitative estimate of drug-likeness (QED) is 0.530. The third-order valence-electron chi connectivity index (χ3n) is 0.758. The highest BCUT2D eigenvalue weighted by molar-refractivity contribution is 4.81. The van der Waals surface area contributed by atoms with Gasteiger partial charge in [0.25, 0.3) is 0 Å². The summed E-state index contributed by atoms with van der Waals surface area (Å²) >= 11 is 0. The first-order valence-electron chi connectivity index (χ1n) is 2.77. The number of nitrogens with two attached hydrogens (primary N) is 1. The molecule has 0 aromatic rings. The summed E-state index contributed by atoms with van der Waals surface area (Å²) in [5, 5.41) is 0. The molecule has 42 valence electrons. The van der Waals surface area contributed by atoms with Crippen molar-refractivity contribution in [3.63, 3.8) is 0 Å². The molecule has 2 N–H and O–H groups in total. The summed E-state index contributed by atoms with van der Waals surface area (Å²) in [4.78, 5) is 0. The molecule has 0 unspecified atom stereocenters. The molecule has 0 aliphatic heterocycles. The third-order valence-corrected chi connectivity index (χ3v) is 0.758. The SMILES string of the molecule is CCCC=CCN. The molecule has 1 heteroatoms. The van der Waals surface area contributed by atoms with E-state index in [4.69, 9.17) is 5.73 Å². The van der Waals surface area contributed by atoms with Crippen LogP contribution in [0.1, 0.15) is 19.8 Å².